The highest BCUT2D eigenvalue weighted by molar-refractivity contribution is 6.40. The number of Topliss-reactive ketones (excluding diaryl/α,β-unsaturated/α-hetero) is 1. The molecule has 0 radical (unpaired) electrons. The van der Waals surface area contributed by atoms with E-state index in [0.29, 0.717) is 18.5 Å². The summed E-state index contributed by atoms with van der Waals surface area (Å²) in [4.78, 5) is 35.0. The summed E-state index contributed by atoms with van der Waals surface area (Å²) in [6, 6.07) is 1.42. The minimum absolute atomic E-state index is 0.196. The van der Waals surface area contributed by atoms with E-state index in [1.807, 2.05) is 0 Å². The third kappa shape index (κ3) is 2.25. The molecule has 0 amide bonds. The Labute approximate surface area is 110 Å². The van der Waals surface area contributed by atoms with Gasteiger partial charge in [0, 0.05) is 12.2 Å². The second-order valence-corrected chi connectivity index (χ2v) is 4.31. The third-order valence-electron chi connectivity index (χ3n) is 3.26. The van der Waals surface area contributed by atoms with Crippen LogP contribution in [0.5, 0.6) is 0 Å². The molecule has 1 aromatic rings. The molecule has 0 spiro atoms. The Morgan fingerprint density at radius 3 is 2.53 bits per heavy atom. The number of carbonyl (C=O) groups excluding carboxylic acids is 3. The molecule has 2 rings (SSSR count). The number of hydrogen-bond donors (Lipinski definition) is 0. The number of carbonyl (C=O) groups is 3. The highest BCUT2D eigenvalue weighted by Crippen LogP contribution is 2.24. The number of ketones is 1. The van der Waals surface area contributed by atoms with Crippen LogP contribution in [0.4, 0.5) is 0 Å². The Morgan fingerprint density at radius 2 is 1.89 bits per heavy atom. The first-order chi connectivity index (χ1) is 9.10. The standard InChI is InChI=1S/C13H15NO5/c1-18-12(16)8-7-10(11(15)13(17)19-2)14-6-4-3-5-9(8)14/h7H,3-6H2,1-2H3. The van der Waals surface area contributed by atoms with E-state index in [0.717, 1.165) is 25.6 Å². The molecule has 0 saturated carbocycles. The molecule has 0 unspecified atom stereocenters. The van der Waals surface area contributed by atoms with E-state index in [2.05, 4.69) is 4.74 Å². The van der Waals surface area contributed by atoms with Gasteiger partial charge in [0.25, 0.3) is 5.78 Å². The van der Waals surface area contributed by atoms with Crippen molar-refractivity contribution >= 4 is 17.7 Å². The van der Waals surface area contributed by atoms with Gasteiger partial charge in [-0.1, -0.05) is 0 Å². The van der Waals surface area contributed by atoms with E-state index in [1.165, 1.54) is 13.2 Å². The van der Waals surface area contributed by atoms with Crippen molar-refractivity contribution in [3.8, 4) is 0 Å². The summed E-state index contributed by atoms with van der Waals surface area (Å²) >= 11 is 0. The third-order valence-corrected chi connectivity index (χ3v) is 3.26. The van der Waals surface area contributed by atoms with E-state index < -0.39 is 17.7 Å². The Hall–Kier alpha value is -2.11. The molecule has 6 nitrogen and oxygen atoms in total. The number of rotatable bonds is 3. The van der Waals surface area contributed by atoms with Gasteiger partial charge in [0.15, 0.2) is 0 Å². The molecular formula is C13H15NO5. The number of ether oxygens (including phenoxy) is 2. The second kappa shape index (κ2) is 5.26. The molecule has 0 aliphatic carbocycles. The molecular weight excluding hydrogens is 250 g/mol. The van der Waals surface area contributed by atoms with Gasteiger partial charge in [-0.05, 0) is 25.3 Å². The molecule has 2 heterocycles. The van der Waals surface area contributed by atoms with Gasteiger partial charge in [0.1, 0.15) is 0 Å². The van der Waals surface area contributed by atoms with Crippen LogP contribution < -0.4 is 0 Å². The van der Waals surface area contributed by atoms with Crippen LogP contribution in [0.25, 0.3) is 0 Å². The smallest absolute Gasteiger partial charge is 0.381 e. The van der Waals surface area contributed by atoms with Crippen molar-refractivity contribution in [1.29, 1.82) is 0 Å². The largest absolute Gasteiger partial charge is 0.465 e. The van der Waals surface area contributed by atoms with Gasteiger partial charge in [-0.25, -0.2) is 9.59 Å². The SMILES string of the molecule is COC(=O)C(=O)c1cc(C(=O)OC)c2n1CCCC2. The lowest BCUT2D eigenvalue weighted by Gasteiger charge is -2.17. The number of hydrogen-bond acceptors (Lipinski definition) is 5. The molecule has 0 saturated heterocycles. The minimum atomic E-state index is -0.928. The Kier molecular flexibility index (Phi) is 3.69. The summed E-state index contributed by atoms with van der Waals surface area (Å²) in [5.41, 5.74) is 1.31. The van der Waals surface area contributed by atoms with Crippen LogP contribution in [0, 0.1) is 0 Å². The van der Waals surface area contributed by atoms with Crippen molar-refractivity contribution in [2.24, 2.45) is 0 Å². The van der Waals surface area contributed by atoms with Gasteiger partial charge in [0.2, 0.25) is 0 Å². The Balaban J connectivity index is 2.50. The molecule has 1 aliphatic heterocycles. The number of esters is 2. The lowest BCUT2D eigenvalue weighted by Crippen LogP contribution is -2.22. The van der Waals surface area contributed by atoms with E-state index in [1.54, 1.807) is 4.57 Å². The van der Waals surface area contributed by atoms with Crippen LogP contribution >= 0.6 is 0 Å². The second-order valence-electron chi connectivity index (χ2n) is 4.31. The summed E-state index contributed by atoms with van der Waals surface area (Å²) in [6.45, 7) is 0.615. The van der Waals surface area contributed by atoms with Gasteiger partial charge in [-0.15, -0.1) is 0 Å². The van der Waals surface area contributed by atoms with Crippen LogP contribution in [0.15, 0.2) is 6.07 Å². The first kappa shape index (κ1) is 13.3. The molecule has 0 bridgehead atoms. The maximum atomic E-state index is 11.9. The molecule has 0 aromatic carbocycles. The van der Waals surface area contributed by atoms with Crippen molar-refractivity contribution in [1.82, 2.24) is 4.57 Å². The first-order valence-corrected chi connectivity index (χ1v) is 6.03. The quantitative estimate of drug-likeness (QED) is 0.462. The molecule has 19 heavy (non-hydrogen) atoms. The van der Waals surface area contributed by atoms with Crippen molar-refractivity contribution < 1.29 is 23.9 Å². The maximum Gasteiger partial charge on any atom is 0.381 e. The van der Waals surface area contributed by atoms with E-state index >= 15 is 0 Å². The number of nitrogens with zero attached hydrogens (tertiary/aromatic N) is 1. The Morgan fingerprint density at radius 1 is 1.16 bits per heavy atom. The van der Waals surface area contributed by atoms with Crippen molar-refractivity contribution in [3.05, 3.63) is 23.0 Å². The van der Waals surface area contributed by atoms with E-state index in [-0.39, 0.29) is 5.69 Å². The van der Waals surface area contributed by atoms with Crippen LogP contribution in [-0.2, 0) is 27.2 Å². The molecule has 1 aliphatic rings. The molecule has 6 heteroatoms. The van der Waals surface area contributed by atoms with Crippen LogP contribution in [-0.4, -0.2) is 36.5 Å². The predicted octanol–water partition coefficient (Wildman–Crippen LogP) is 0.967. The van der Waals surface area contributed by atoms with Crippen LogP contribution in [0.2, 0.25) is 0 Å². The van der Waals surface area contributed by atoms with Crippen LogP contribution in [0.3, 0.4) is 0 Å². The highest BCUT2D eigenvalue weighted by Gasteiger charge is 2.29. The zero-order valence-electron chi connectivity index (χ0n) is 10.9. The fourth-order valence-corrected chi connectivity index (χ4v) is 2.35. The molecule has 0 N–H and O–H groups in total. The summed E-state index contributed by atoms with van der Waals surface area (Å²) < 4.78 is 10.9. The molecule has 0 atom stereocenters. The van der Waals surface area contributed by atoms with E-state index in [4.69, 9.17) is 4.74 Å². The monoisotopic (exact) mass is 265 g/mol. The normalized spacial score (nSPS) is 13.6. The van der Waals surface area contributed by atoms with Crippen molar-refractivity contribution in [2.75, 3.05) is 14.2 Å². The summed E-state index contributed by atoms with van der Waals surface area (Å²) in [6.07, 6.45) is 2.54. The van der Waals surface area contributed by atoms with Crippen molar-refractivity contribution in [2.45, 2.75) is 25.8 Å². The molecule has 0 fully saturated rings. The van der Waals surface area contributed by atoms with Crippen LogP contribution in [0.1, 0.15) is 39.4 Å². The fraction of sp³-hybridized carbons (Fsp3) is 0.462. The highest BCUT2D eigenvalue weighted by atomic mass is 16.5. The number of aromatic nitrogens is 1. The van der Waals surface area contributed by atoms with E-state index in [9.17, 15) is 14.4 Å². The maximum absolute atomic E-state index is 11.9. The van der Waals surface area contributed by atoms with Gasteiger partial charge in [-0.2, -0.15) is 0 Å². The summed E-state index contributed by atoms with van der Waals surface area (Å²) in [5.74, 6) is -2.15. The van der Waals surface area contributed by atoms with Gasteiger partial charge >= 0.3 is 11.9 Å². The Bertz CT molecular complexity index is 543. The first-order valence-electron chi connectivity index (χ1n) is 6.03. The molecule has 102 valence electrons. The average molecular weight is 265 g/mol. The lowest BCUT2D eigenvalue weighted by atomic mass is 10.1. The number of fused-ring (bicyclic) bond motifs is 1. The van der Waals surface area contributed by atoms with Gasteiger partial charge in [0.05, 0.1) is 25.5 Å². The predicted molar refractivity (Wildman–Crippen MR) is 65.1 cm³/mol. The zero-order chi connectivity index (χ0) is 14.0. The summed E-state index contributed by atoms with van der Waals surface area (Å²) in [5, 5.41) is 0. The summed E-state index contributed by atoms with van der Waals surface area (Å²) in [7, 11) is 2.44. The molecule has 1 aromatic heterocycles. The van der Waals surface area contributed by atoms with Gasteiger partial charge in [-0.3, -0.25) is 4.79 Å². The zero-order valence-corrected chi connectivity index (χ0v) is 10.9. The topological polar surface area (TPSA) is 74.6 Å². The van der Waals surface area contributed by atoms with Crippen molar-refractivity contribution in [3.63, 3.8) is 0 Å². The minimum Gasteiger partial charge on any atom is -0.465 e. The average Bonchev–Trinajstić information content (AvgIpc) is 2.84. The van der Waals surface area contributed by atoms with Gasteiger partial charge < -0.3 is 14.0 Å². The lowest BCUT2D eigenvalue weighted by molar-refractivity contribution is -0.135. The fourth-order valence-electron chi connectivity index (χ4n) is 2.35. The number of methoxy groups -OCH3 is 2.